The van der Waals surface area contributed by atoms with Crippen LogP contribution in [-0.2, 0) is 0 Å². The number of benzene rings is 2. The second-order valence-electron chi connectivity index (χ2n) is 4.06. The molecule has 0 heterocycles. The Morgan fingerprint density at radius 3 is 2.58 bits per heavy atom. The van der Waals surface area contributed by atoms with Gasteiger partial charge in [0.15, 0.2) is 0 Å². The molecule has 1 N–H and O–H groups in total. The molecular weight excluding hydrogens is 272 g/mol. The van der Waals surface area contributed by atoms with Crippen LogP contribution in [0.5, 0.6) is 0 Å². The molecule has 0 fully saturated rings. The first-order valence-electron chi connectivity index (χ1n) is 5.50. The van der Waals surface area contributed by atoms with Gasteiger partial charge >= 0.3 is 0 Å². The van der Waals surface area contributed by atoms with Crippen LogP contribution in [0.25, 0.3) is 0 Å². The van der Waals surface area contributed by atoms with Crippen LogP contribution in [0.15, 0.2) is 36.4 Å². The molecule has 0 saturated heterocycles. The summed E-state index contributed by atoms with van der Waals surface area (Å²) in [6.07, 6.45) is 0. The third kappa shape index (κ3) is 3.09. The second-order valence-corrected chi connectivity index (χ2v) is 4.47. The molecule has 2 aromatic carbocycles. The van der Waals surface area contributed by atoms with E-state index in [4.69, 9.17) is 11.6 Å². The maximum absolute atomic E-state index is 13.4. The normalized spacial score (nSPS) is 10.3. The van der Waals surface area contributed by atoms with Crippen molar-refractivity contribution < 1.29 is 13.6 Å². The second kappa shape index (κ2) is 5.36. The van der Waals surface area contributed by atoms with Gasteiger partial charge in [-0.15, -0.1) is 0 Å². The number of nitrogens with one attached hydrogen (secondary N) is 1. The molecule has 5 heteroatoms. The summed E-state index contributed by atoms with van der Waals surface area (Å²) in [6.45, 7) is 1.81. The molecule has 0 radical (unpaired) electrons. The molecule has 2 nitrogen and oxygen atoms in total. The Bertz CT molecular complexity index is 643. The molecular formula is C14H10ClF2NO. The average Bonchev–Trinajstić information content (AvgIpc) is 2.35. The summed E-state index contributed by atoms with van der Waals surface area (Å²) in [5.74, 6) is -2.08. The first-order chi connectivity index (χ1) is 8.97. The summed E-state index contributed by atoms with van der Waals surface area (Å²) in [4.78, 5) is 12.0. The molecule has 0 aromatic heterocycles. The number of rotatable bonds is 2. The van der Waals surface area contributed by atoms with Crippen molar-refractivity contribution in [2.75, 3.05) is 5.32 Å². The van der Waals surface area contributed by atoms with Gasteiger partial charge in [0.1, 0.15) is 11.6 Å². The van der Waals surface area contributed by atoms with Crippen LogP contribution in [0, 0.1) is 18.6 Å². The average molecular weight is 282 g/mol. The third-order valence-corrected chi connectivity index (χ3v) is 2.88. The Labute approximate surface area is 114 Å². The van der Waals surface area contributed by atoms with Crippen LogP contribution < -0.4 is 5.32 Å². The number of amides is 1. The van der Waals surface area contributed by atoms with Gasteiger partial charge < -0.3 is 5.32 Å². The van der Waals surface area contributed by atoms with Crippen molar-refractivity contribution >= 4 is 23.2 Å². The maximum Gasteiger partial charge on any atom is 0.257 e. The first kappa shape index (κ1) is 13.5. The number of aryl methyl sites for hydroxylation is 1. The number of anilines is 1. The fourth-order valence-electron chi connectivity index (χ4n) is 1.59. The Kier molecular flexibility index (Phi) is 3.81. The van der Waals surface area contributed by atoms with E-state index in [1.807, 2.05) is 6.92 Å². The molecule has 98 valence electrons. The molecule has 0 aliphatic rings. The number of halogens is 3. The topological polar surface area (TPSA) is 29.1 Å². The van der Waals surface area contributed by atoms with Gasteiger partial charge in [-0.3, -0.25) is 4.79 Å². The Morgan fingerprint density at radius 1 is 1.16 bits per heavy atom. The summed E-state index contributed by atoms with van der Waals surface area (Å²) in [5.41, 5.74) is 1.00. The summed E-state index contributed by atoms with van der Waals surface area (Å²) in [5, 5.41) is 2.63. The number of carbonyl (C=O) groups excluding carboxylic acids is 1. The first-order valence-corrected chi connectivity index (χ1v) is 5.88. The van der Waals surface area contributed by atoms with Crippen molar-refractivity contribution in [2.45, 2.75) is 6.92 Å². The van der Waals surface area contributed by atoms with Gasteiger partial charge in [-0.05, 0) is 31.2 Å². The van der Waals surface area contributed by atoms with E-state index < -0.39 is 17.5 Å². The highest BCUT2D eigenvalue weighted by Gasteiger charge is 2.13. The highest BCUT2D eigenvalue weighted by Crippen LogP contribution is 2.20. The molecule has 0 aliphatic heterocycles. The minimum absolute atomic E-state index is 0.0935. The molecule has 0 bridgehead atoms. The van der Waals surface area contributed by atoms with E-state index in [-0.39, 0.29) is 16.3 Å². The molecule has 2 aromatic rings. The van der Waals surface area contributed by atoms with Crippen molar-refractivity contribution in [2.24, 2.45) is 0 Å². The maximum atomic E-state index is 13.4. The van der Waals surface area contributed by atoms with E-state index in [9.17, 15) is 13.6 Å². The van der Waals surface area contributed by atoms with Crippen molar-refractivity contribution in [3.05, 3.63) is 64.2 Å². The van der Waals surface area contributed by atoms with Crippen molar-refractivity contribution in [3.63, 3.8) is 0 Å². The minimum Gasteiger partial charge on any atom is -0.319 e. The molecule has 1 amide bonds. The van der Waals surface area contributed by atoms with Crippen LogP contribution in [0.3, 0.4) is 0 Å². The summed E-state index contributed by atoms with van der Waals surface area (Å²) < 4.78 is 26.2. The number of carbonyl (C=O) groups is 1. The quantitative estimate of drug-likeness (QED) is 0.879. The fraction of sp³-hybridized carbons (Fsp3) is 0.0714. The Hall–Kier alpha value is -1.94. The zero-order valence-corrected chi connectivity index (χ0v) is 10.8. The zero-order chi connectivity index (χ0) is 14.0. The van der Waals surface area contributed by atoms with Gasteiger partial charge in [0, 0.05) is 6.07 Å². The molecule has 0 saturated carbocycles. The summed E-state index contributed by atoms with van der Waals surface area (Å²) >= 11 is 5.91. The van der Waals surface area contributed by atoms with Crippen LogP contribution in [-0.4, -0.2) is 5.91 Å². The Morgan fingerprint density at radius 2 is 1.89 bits per heavy atom. The summed E-state index contributed by atoms with van der Waals surface area (Å²) in [7, 11) is 0. The van der Waals surface area contributed by atoms with Crippen molar-refractivity contribution in [3.8, 4) is 0 Å². The van der Waals surface area contributed by atoms with E-state index in [1.54, 1.807) is 18.2 Å². The molecule has 19 heavy (non-hydrogen) atoms. The number of hydrogen-bond donors (Lipinski definition) is 1. The lowest BCUT2D eigenvalue weighted by Crippen LogP contribution is -2.13. The van der Waals surface area contributed by atoms with Gasteiger partial charge in [-0.1, -0.05) is 23.2 Å². The van der Waals surface area contributed by atoms with Crippen LogP contribution in [0.4, 0.5) is 14.5 Å². The predicted octanol–water partition coefficient (Wildman–Crippen LogP) is 4.18. The third-order valence-electron chi connectivity index (χ3n) is 2.55. The molecule has 0 atom stereocenters. The zero-order valence-electron chi connectivity index (χ0n) is 10.0. The van der Waals surface area contributed by atoms with E-state index in [2.05, 4.69) is 5.32 Å². The van der Waals surface area contributed by atoms with Gasteiger partial charge in [-0.2, -0.15) is 0 Å². The van der Waals surface area contributed by atoms with Crippen LogP contribution >= 0.6 is 11.6 Å². The molecule has 0 aliphatic carbocycles. The van der Waals surface area contributed by atoms with Gasteiger partial charge in [0.2, 0.25) is 0 Å². The summed E-state index contributed by atoms with van der Waals surface area (Å²) in [6, 6.07) is 7.87. The van der Waals surface area contributed by atoms with Crippen molar-refractivity contribution in [1.29, 1.82) is 0 Å². The monoisotopic (exact) mass is 281 g/mol. The largest absolute Gasteiger partial charge is 0.319 e. The SMILES string of the molecule is Cc1ccc(Cl)c(C(=O)Nc2ccc(F)cc2F)c1. The van der Waals surface area contributed by atoms with Crippen molar-refractivity contribution in [1.82, 2.24) is 0 Å². The lowest BCUT2D eigenvalue weighted by atomic mass is 10.1. The minimum atomic E-state index is -0.836. The highest BCUT2D eigenvalue weighted by atomic mass is 35.5. The molecule has 2 rings (SSSR count). The molecule has 0 spiro atoms. The highest BCUT2D eigenvalue weighted by molar-refractivity contribution is 6.34. The van der Waals surface area contributed by atoms with Gasteiger partial charge in [0.25, 0.3) is 5.91 Å². The predicted molar refractivity (Wildman–Crippen MR) is 70.5 cm³/mol. The standard InChI is InChI=1S/C14H10ClF2NO/c1-8-2-4-11(15)10(6-8)14(19)18-13-5-3-9(16)7-12(13)17/h2-7H,1H3,(H,18,19). The Balaban J connectivity index is 2.28. The van der Waals surface area contributed by atoms with E-state index in [1.165, 1.54) is 0 Å². The van der Waals surface area contributed by atoms with Gasteiger partial charge in [-0.25, -0.2) is 8.78 Å². The van der Waals surface area contributed by atoms with Gasteiger partial charge in [0.05, 0.1) is 16.3 Å². The lowest BCUT2D eigenvalue weighted by molar-refractivity contribution is 0.102. The van der Waals surface area contributed by atoms with E-state index in [0.29, 0.717) is 6.07 Å². The smallest absolute Gasteiger partial charge is 0.257 e. The lowest BCUT2D eigenvalue weighted by Gasteiger charge is -2.08. The number of hydrogen-bond acceptors (Lipinski definition) is 1. The van der Waals surface area contributed by atoms with Crippen LogP contribution in [0.2, 0.25) is 5.02 Å². The van der Waals surface area contributed by atoms with E-state index >= 15 is 0 Å². The van der Waals surface area contributed by atoms with Crippen LogP contribution in [0.1, 0.15) is 15.9 Å². The fourth-order valence-corrected chi connectivity index (χ4v) is 1.80. The van der Waals surface area contributed by atoms with E-state index in [0.717, 1.165) is 17.7 Å². The molecule has 0 unspecified atom stereocenters.